The highest BCUT2D eigenvalue weighted by atomic mass is 35.5. The minimum atomic E-state index is -0.620. The Morgan fingerprint density at radius 2 is 1.75 bits per heavy atom. The molecule has 2 nitrogen and oxygen atoms in total. The second-order valence-corrected chi connectivity index (χ2v) is 2.79. The van der Waals surface area contributed by atoms with Gasteiger partial charge in [-0.1, -0.05) is 24.3 Å². The van der Waals surface area contributed by atoms with Gasteiger partial charge in [-0.25, -0.2) is 0 Å². The number of hydrogen-bond acceptors (Lipinski definition) is 2. The van der Waals surface area contributed by atoms with Gasteiger partial charge in [0.1, 0.15) is 17.9 Å². The summed E-state index contributed by atoms with van der Waals surface area (Å²) in [6.07, 6.45) is 1.39. The second kappa shape index (κ2) is 4.02. The van der Waals surface area contributed by atoms with Crippen molar-refractivity contribution >= 4 is 24.2 Å². The van der Waals surface area contributed by atoms with Crippen molar-refractivity contribution < 1.29 is 9.59 Å². The van der Waals surface area contributed by atoms with Gasteiger partial charge in [0, 0.05) is 5.56 Å². The summed E-state index contributed by atoms with van der Waals surface area (Å²) < 4.78 is 0. The number of carbonyl (C=O) groups is 2. The Morgan fingerprint density at radius 3 is 2.17 bits per heavy atom. The predicted octanol–water partition coefficient (Wildman–Crippen LogP) is 1.98. The van der Waals surface area contributed by atoms with Gasteiger partial charge in [-0.2, -0.15) is 0 Å². The molecule has 0 spiro atoms. The van der Waals surface area contributed by atoms with Gasteiger partial charge in [0.15, 0.2) is 0 Å². The van der Waals surface area contributed by atoms with E-state index in [4.69, 9.17) is 11.6 Å². The summed E-state index contributed by atoms with van der Waals surface area (Å²) in [6.45, 7) is 0. The van der Waals surface area contributed by atoms with E-state index in [1.165, 1.54) is 0 Å². The van der Waals surface area contributed by atoms with Crippen LogP contribution in [0, 0.1) is 0 Å². The summed E-state index contributed by atoms with van der Waals surface area (Å²) in [4.78, 5) is 20.5. The molecule has 0 saturated carbocycles. The van der Waals surface area contributed by atoms with Crippen molar-refractivity contribution in [1.82, 2.24) is 0 Å². The molecule has 62 valence electrons. The quantitative estimate of drug-likeness (QED) is 0.529. The highest BCUT2D eigenvalue weighted by molar-refractivity contribution is 6.27. The smallest absolute Gasteiger partial charge is 0.150 e. The molecule has 0 fully saturated rings. The van der Waals surface area contributed by atoms with Gasteiger partial charge >= 0.3 is 0 Å². The maximum Gasteiger partial charge on any atom is 0.150 e. The van der Waals surface area contributed by atoms with E-state index >= 15 is 0 Å². The van der Waals surface area contributed by atoms with Crippen LogP contribution in [0.2, 0.25) is 0 Å². The topological polar surface area (TPSA) is 34.1 Å². The summed E-state index contributed by atoms with van der Waals surface area (Å²) in [6, 6.07) is 6.58. The molecular weight excluding hydrogens is 176 g/mol. The van der Waals surface area contributed by atoms with Gasteiger partial charge in [-0.3, -0.25) is 4.79 Å². The zero-order chi connectivity index (χ0) is 8.97. The van der Waals surface area contributed by atoms with Gasteiger partial charge in [0.05, 0.1) is 0 Å². The van der Waals surface area contributed by atoms with Crippen LogP contribution in [0.1, 0.15) is 21.3 Å². The Hall–Kier alpha value is -1.15. The average molecular weight is 183 g/mol. The fraction of sp³-hybridized carbons (Fsp3) is 0.111. The van der Waals surface area contributed by atoms with E-state index in [0.717, 1.165) is 6.29 Å². The average Bonchev–Trinajstić information content (AvgIpc) is 2.17. The molecule has 12 heavy (non-hydrogen) atoms. The van der Waals surface area contributed by atoms with Gasteiger partial charge < -0.3 is 4.79 Å². The Bertz CT molecular complexity index is 279. The SMILES string of the molecule is O=Cc1ccc(C(Cl)C=O)cc1. The third-order valence-electron chi connectivity index (χ3n) is 1.51. The molecule has 0 radical (unpaired) electrons. The van der Waals surface area contributed by atoms with Crippen LogP contribution in [0.3, 0.4) is 0 Å². The summed E-state index contributed by atoms with van der Waals surface area (Å²) in [7, 11) is 0. The lowest BCUT2D eigenvalue weighted by Gasteiger charge is -2.00. The van der Waals surface area contributed by atoms with Crippen molar-refractivity contribution in [3.8, 4) is 0 Å². The maximum absolute atomic E-state index is 10.3. The Morgan fingerprint density at radius 1 is 1.17 bits per heavy atom. The van der Waals surface area contributed by atoms with Crippen molar-refractivity contribution in [3.05, 3.63) is 35.4 Å². The first-order chi connectivity index (χ1) is 5.77. The Kier molecular flexibility index (Phi) is 3.00. The van der Waals surface area contributed by atoms with E-state index in [9.17, 15) is 9.59 Å². The zero-order valence-electron chi connectivity index (χ0n) is 6.24. The number of benzene rings is 1. The van der Waals surface area contributed by atoms with E-state index in [0.29, 0.717) is 17.4 Å². The molecule has 1 unspecified atom stereocenters. The first-order valence-corrected chi connectivity index (χ1v) is 3.86. The predicted molar refractivity (Wildman–Crippen MR) is 46.5 cm³/mol. The first kappa shape index (κ1) is 8.94. The van der Waals surface area contributed by atoms with Gasteiger partial charge in [-0.05, 0) is 5.56 Å². The molecule has 0 heterocycles. The second-order valence-electron chi connectivity index (χ2n) is 2.32. The molecule has 0 N–H and O–H groups in total. The summed E-state index contributed by atoms with van der Waals surface area (Å²) in [5.41, 5.74) is 1.28. The molecule has 0 amide bonds. The van der Waals surface area contributed by atoms with Crippen LogP contribution < -0.4 is 0 Å². The number of aldehydes is 2. The van der Waals surface area contributed by atoms with Crippen LogP contribution in [0.25, 0.3) is 0 Å². The highest BCUT2D eigenvalue weighted by Crippen LogP contribution is 2.17. The third-order valence-corrected chi connectivity index (χ3v) is 1.87. The minimum Gasteiger partial charge on any atom is -0.301 e. The van der Waals surface area contributed by atoms with Crippen LogP contribution in [-0.2, 0) is 4.79 Å². The summed E-state index contributed by atoms with van der Waals surface area (Å²) in [5, 5.41) is -0.620. The molecular formula is C9H7ClO2. The zero-order valence-corrected chi connectivity index (χ0v) is 6.99. The molecule has 3 heteroatoms. The molecule has 0 saturated heterocycles. The lowest BCUT2D eigenvalue weighted by atomic mass is 10.1. The lowest BCUT2D eigenvalue weighted by Crippen LogP contribution is -1.91. The molecule has 1 atom stereocenters. The molecule has 1 aromatic rings. The van der Waals surface area contributed by atoms with Gasteiger partial charge in [0.2, 0.25) is 0 Å². The van der Waals surface area contributed by atoms with Crippen molar-refractivity contribution in [2.45, 2.75) is 5.38 Å². The summed E-state index contributed by atoms with van der Waals surface area (Å²) >= 11 is 5.63. The number of halogens is 1. The Balaban J connectivity index is 2.91. The number of alkyl halides is 1. The normalized spacial score (nSPS) is 12.1. The largest absolute Gasteiger partial charge is 0.301 e. The van der Waals surface area contributed by atoms with Crippen molar-refractivity contribution in [2.75, 3.05) is 0 Å². The van der Waals surface area contributed by atoms with Gasteiger partial charge in [0.25, 0.3) is 0 Å². The van der Waals surface area contributed by atoms with E-state index in [1.807, 2.05) is 0 Å². The van der Waals surface area contributed by atoms with Crippen molar-refractivity contribution in [1.29, 1.82) is 0 Å². The number of rotatable bonds is 3. The molecule has 0 aliphatic carbocycles. The van der Waals surface area contributed by atoms with Crippen LogP contribution in [0.4, 0.5) is 0 Å². The van der Waals surface area contributed by atoms with Crippen LogP contribution in [0.5, 0.6) is 0 Å². The minimum absolute atomic E-state index is 0.577. The molecule has 0 bridgehead atoms. The van der Waals surface area contributed by atoms with E-state index < -0.39 is 5.38 Å². The van der Waals surface area contributed by atoms with Crippen LogP contribution >= 0.6 is 11.6 Å². The number of hydrogen-bond donors (Lipinski definition) is 0. The van der Waals surface area contributed by atoms with Crippen LogP contribution in [-0.4, -0.2) is 12.6 Å². The fourth-order valence-electron chi connectivity index (χ4n) is 0.837. The third kappa shape index (κ3) is 1.92. The van der Waals surface area contributed by atoms with Crippen molar-refractivity contribution in [2.24, 2.45) is 0 Å². The van der Waals surface area contributed by atoms with E-state index in [2.05, 4.69) is 0 Å². The maximum atomic E-state index is 10.3. The molecule has 1 rings (SSSR count). The molecule has 1 aromatic carbocycles. The fourth-order valence-corrected chi connectivity index (χ4v) is 0.982. The van der Waals surface area contributed by atoms with E-state index in [-0.39, 0.29) is 0 Å². The number of carbonyl (C=O) groups excluding carboxylic acids is 2. The molecule has 0 aromatic heterocycles. The first-order valence-electron chi connectivity index (χ1n) is 3.42. The lowest BCUT2D eigenvalue weighted by molar-refractivity contribution is -0.107. The van der Waals surface area contributed by atoms with Crippen molar-refractivity contribution in [3.63, 3.8) is 0 Å². The Labute approximate surface area is 75.2 Å². The molecule has 0 aliphatic heterocycles. The van der Waals surface area contributed by atoms with Gasteiger partial charge in [-0.15, -0.1) is 11.6 Å². The van der Waals surface area contributed by atoms with E-state index in [1.54, 1.807) is 24.3 Å². The summed E-state index contributed by atoms with van der Waals surface area (Å²) in [5.74, 6) is 0. The molecule has 0 aliphatic rings. The highest BCUT2D eigenvalue weighted by Gasteiger charge is 2.04. The van der Waals surface area contributed by atoms with Crippen LogP contribution in [0.15, 0.2) is 24.3 Å². The monoisotopic (exact) mass is 182 g/mol. The standard InChI is InChI=1S/C9H7ClO2/c10-9(6-12)8-3-1-7(5-11)2-4-8/h1-6,9H.